The summed E-state index contributed by atoms with van der Waals surface area (Å²) in [7, 11) is 1.66. The second-order valence-electron chi connectivity index (χ2n) is 10.1. The number of hydrogen-bond acceptors (Lipinski definition) is 4. The number of carbonyl (C=O) groups is 1. The fraction of sp³-hybridized carbons (Fsp3) is 0.367. The van der Waals surface area contributed by atoms with Crippen LogP contribution in [0.4, 0.5) is 4.39 Å². The highest BCUT2D eigenvalue weighted by Gasteiger charge is 2.36. The highest BCUT2D eigenvalue weighted by Crippen LogP contribution is 2.36. The average Bonchev–Trinajstić information content (AvgIpc) is 3.27. The number of amides is 1. The maximum Gasteiger partial charge on any atom is 0.253 e. The summed E-state index contributed by atoms with van der Waals surface area (Å²) in [4.78, 5) is 17.7. The van der Waals surface area contributed by atoms with Crippen molar-refractivity contribution in [1.82, 2.24) is 9.80 Å². The molecule has 1 aliphatic heterocycles. The largest absolute Gasteiger partial charge is 0.508 e. The quantitative estimate of drug-likeness (QED) is 0.427. The summed E-state index contributed by atoms with van der Waals surface area (Å²) in [6.07, 6.45) is 0. The maximum absolute atomic E-state index is 13.5. The lowest BCUT2D eigenvalue weighted by atomic mass is 9.88. The third-order valence-corrected chi connectivity index (χ3v) is 6.86. The summed E-state index contributed by atoms with van der Waals surface area (Å²) >= 11 is 0. The van der Waals surface area contributed by atoms with Gasteiger partial charge in [-0.25, -0.2) is 4.39 Å². The minimum absolute atomic E-state index is 0.0728. The van der Waals surface area contributed by atoms with Crippen molar-refractivity contribution in [2.75, 3.05) is 33.3 Å². The first kappa shape index (κ1) is 25.7. The first-order chi connectivity index (χ1) is 17.3. The van der Waals surface area contributed by atoms with Crippen LogP contribution in [0.5, 0.6) is 11.5 Å². The molecule has 1 saturated heterocycles. The van der Waals surface area contributed by atoms with Crippen LogP contribution in [0.15, 0.2) is 72.8 Å². The minimum Gasteiger partial charge on any atom is -0.508 e. The highest BCUT2D eigenvalue weighted by molar-refractivity contribution is 5.94. The molecule has 0 saturated carbocycles. The molecule has 0 aromatic heterocycles. The van der Waals surface area contributed by atoms with Gasteiger partial charge in [0, 0.05) is 49.8 Å². The second kappa shape index (κ2) is 11.6. The molecule has 2 atom stereocenters. The van der Waals surface area contributed by atoms with E-state index in [0.29, 0.717) is 36.9 Å². The summed E-state index contributed by atoms with van der Waals surface area (Å²) in [5.74, 6) is 1.41. The molecular formula is C30H35FN2O3. The number of nitrogens with zero attached hydrogens (tertiary/aromatic N) is 2. The van der Waals surface area contributed by atoms with E-state index in [4.69, 9.17) is 4.74 Å². The highest BCUT2D eigenvalue weighted by atomic mass is 19.1. The Hall–Kier alpha value is -3.38. The lowest BCUT2D eigenvalue weighted by Crippen LogP contribution is -2.39. The number of phenols is 1. The molecule has 0 radical (unpaired) electrons. The molecule has 3 aromatic rings. The SMILES string of the molecule is COc1ccc(C2CN(Cc3ccccc3O)CC2CN(CC(C)C)C(=O)c2ccc(F)cc2)cc1. The standard InChI is InChI=1S/C30H35FN2O3/c1-21(2)16-33(30(35)23-8-12-26(31)13-9-23)19-25-18-32(17-24-6-4-5-7-29(24)34)20-28(25)22-10-14-27(36-3)15-11-22/h4-15,21,25,28,34H,16-20H2,1-3H3. The van der Waals surface area contributed by atoms with Gasteiger partial charge in [-0.05, 0) is 59.9 Å². The zero-order chi connectivity index (χ0) is 25.7. The van der Waals surface area contributed by atoms with Crippen molar-refractivity contribution in [3.63, 3.8) is 0 Å². The third-order valence-electron chi connectivity index (χ3n) is 6.86. The number of benzene rings is 3. The Kier molecular flexibility index (Phi) is 8.26. The molecule has 4 rings (SSSR count). The van der Waals surface area contributed by atoms with E-state index in [1.807, 2.05) is 35.2 Å². The molecule has 1 heterocycles. The smallest absolute Gasteiger partial charge is 0.253 e. The van der Waals surface area contributed by atoms with Crippen LogP contribution in [0.2, 0.25) is 0 Å². The van der Waals surface area contributed by atoms with Gasteiger partial charge in [-0.2, -0.15) is 0 Å². The predicted molar refractivity (Wildman–Crippen MR) is 140 cm³/mol. The monoisotopic (exact) mass is 490 g/mol. The van der Waals surface area contributed by atoms with Crippen LogP contribution in [0.25, 0.3) is 0 Å². The number of rotatable bonds is 9. The molecule has 6 heteroatoms. The first-order valence-corrected chi connectivity index (χ1v) is 12.5. The Morgan fingerprint density at radius 2 is 1.75 bits per heavy atom. The Morgan fingerprint density at radius 1 is 1.06 bits per heavy atom. The number of methoxy groups -OCH3 is 1. The lowest BCUT2D eigenvalue weighted by Gasteiger charge is -2.30. The van der Waals surface area contributed by atoms with E-state index >= 15 is 0 Å². The van der Waals surface area contributed by atoms with Crippen LogP contribution < -0.4 is 4.74 Å². The number of hydrogen-bond donors (Lipinski definition) is 1. The molecule has 190 valence electrons. The summed E-state index contributed by atoms with van der Waals surface area (Å²) in [5, 5.41) is 10.3. The fourth-order valence-corrected chi connectivity index (χ4v) is 5.13. The Balaban J connectivity index is 1.59. The zero-order valence-electron chi connectivity index (χ0n) is 21.2. The van der Waals surface area contributed by atoms with Crippen LogP contribution in [0.3, 0.4) is 0 Å². The molecule has 1 N–H and O–H groups in total. The number of para-hydroxylation sites is 1. The van der Waals surface area contributed by atoms with Crippen molar-refractivity contribution in [1.29, 1.82) is 0 Å². The molecule has 5 nitrogen and oxygen atoms in total. The van der Waals surface area contributed by atoms with Gasteiger partial charge in [-0.3, -0.25) is 9.69 Å². The van der Waals surface area contributed by atoms with Gasteiger partial charge in [0.1, 0.15) is 17.3 Å². The molecule has 0 aliphatic carbocycles. The first-order valence-electron chi connectivity index (χ1n) is 12.5. The van der Waals surface area contributed by atoms with E-state index in [2.05, 4.69) is 30.9 Å². The van der Waals surface area contributed by atoms with Gasteiger partial charge in [-0.15, -0.1) is 0 Å². The van der Waals surface area contributed by atoms with E-state index in [9.17, 15) is 14.3 Å². The van der Waals surface area contributed by atoms with Crippen molar-refractivity contribution in [3.05, 3.63) is 95.3 Å². The van der Waals surface area contributed by atoms with Crippen molar-refractivity contribution < 1.29 is 19.0 Å². The molecule has 0 spiro atoms. The second-order valence-corrected chi connectivity index (χ2v) is 10.1. The van der Waals surface area contributed by atoms with Crippen molar-refractivity contribution >= 4 is 5.91 Å². The van der Waals surface area contributed by atoms with Gasteiger partial charge in [0.2, 0.25) is 0 Å². The van der Waals surface area contributed by atoms with Gasteiger partial charge >= 0.3 is 0 Å². The average molecular weight is 491 g/mol. The molecule has 1 fully saturated rings. The Morgan fingerprint density at radius 3 is 2.39 bits per heavy atom. The topological polar surface area (TPSA) is 53.0 Å². The molecule has 3 aromatic carbocycles. The summed E-state index contributed by atoms with van der Waals surface area (Å²) in [6.45, 7) is 7.70. The summed E-state index contributed by atoms with van der Waals surface area (Å²) in [5.41, 5.74) is 2.61. The number of halogens is 1. The molecular weight excluding hydrogens is 455 g/mol. The van der Waals surface area contributed by atoms with Gasteiger partial charge in [0.25, 0.3) is 5.91 Å². The summed E-state index contributed by atoms with van der Waals surface area (Å²) < 4.78 is 18.8. The van der Waals surface area contributed by atoms with Crippen molar-refractivity contribution in [2.45, 2.75) is 26.3 Å². The van der Waals surface area contributed by atoms with Crippen LogP contribution in [0, 0.1) is 17.7 Å². The number of ether oxygens (including phenoxy) is 1. The van der Waals surface area contributed by atoms with Crippen molar-refractivity contribution in [2.24, 2.45) is 11.8 Å². The van der Waals surface area contributed by atoms with Gasteiger partial charge < -0.3 is 14.7 Å². The van der Waals surface area contributed by atoms with Crippen LogP contribution >= 0.6 is 0 Å². The number of aromatic hydroxyl groups is 1. The normalized spacial score (nSPS) is 17.9. The Labute approximate surface area is 213 Å². The maximum atomic E-state index is 13.5. The van der Waals surface area contributed by atoms with Gasteiger partial charge in [0.15, 0.2) is 0 Å². The summed E-state index contributed by atoms with van der Waals surface area (Å²) in [6, 6.07) is 21.4. The molecule has 0 bridgehead atoms. The Bertz CT molecular complexity index is 1150. The number of phenolic OH excluding ortho intramolecular Hbond substituents is 1. The van der Waals surface area contributed by atoms with E-state index in [1.54, 1.807) is 25.3 Å². The minimum atomic E-state index is -0.350. The van der Waals surface area contributed by atoms with Crippen LogP contribution in [-0.2, 0) is 6.54 Å². The van der Waals surface area contributed by atoms with Crippen LogP contribution in [0.1, 0.15) is 41.3 Å². The van der Waals surface area contributed by atoms with Crippen LogP contribution in [-0.4, -0.2) is 54.1 Å². The molecule has 36 heavy (non-hydrogen) atoms. The van der Waals surface area contributed by atoms with Crippen molar-refractivity contribution in [3.8, 4) is 11.5 Å². The number of likely N-dealkylation sites (tertiary alicyclic amines) is 1. The van der Waals surface area contributed by atoms with E-state index in [0.717, 1.165) is 24.4 Å². The molecule has 1 amide bonds. The van der Waals surface area contributed by atoms with E-state index < -0.39 is 0 Å². The zero-order valence-corrected chi connectivity index (χ0v) is 21.2. The van der Waals surface area contributed by atoms with E-state index in [-0.39, 0.29) is 23.6 Å². The molecule has 2 unspecified atom stereocenters. The third kappa shape index (κ3) is 6.24. The molecule has 1 aliphatic rings. The predicted octanol–water partition coefficient (Wildman–Crippen LogP) is 5.55. The van der Waals surface area contributed by atoms with E-state index in [1.165, 1.54) is 17.7 Å². The lowest BCUT2D eigenvalue weighted by molar-refractivity contribution is 0.0703. The fourth-order valence-electron chi connectivity index (χ4n) is 5.13. The van der Waals surface area contributed by atoms with Gasteiger partial charge in [-0.1, -0.05) is 44.2 Å². The van der Waals surface area contributed by atoms with Gasteiger partial charge in [0.05, 0.1) is 7.11 Å². The number of carbonyl (C=O) groups excluding carboxylic acids is 1.